The van der Waals surface area contributed by atoms with Crippen molar-refractivity contribution in [2.75, 3.05) is 39.6 Å². The summed E-state index contributed by atoms with van der Waals surface area (Å²) in [6.07, 6.45) is -59.8. The van der Waals surface area contributed by atoms with Crippen molar-refractivity contribution in [3.63, 3.8) is 0 Å². The standard InChI is InChI=1S/C50H84N4O35/c1-12-27(65)35(73)36(74)48(77-12)89-43-42(88-45-23(51-13(2)61)32(70)28(66)17(6-55)79-45)31(69)20(9-58)81-50(43)85-39-22(11-60)83-47(25(34(39)72)53-15(4)63)87-41-30(68)19(8-57)80-49(37(41)75)84-38-21(10-59)82-46(24(33(38)71)52-14(3)62)86-40-26(54-16(5)64)44(76)78-18(7-56)29(40)67/h12,17-50,55-60,65-76H,6-11H2,1-5H3,(H,51,61)(H,52,62)(H,53,63)(H,54,64)/t12-,17+,18+,19+,20+,21+,22+,23+,24+,25+,26+,27+,28-,29-,30-,31-,32+,33+,34+,35+,36-,37+,38+,39+,40+,41-,42-,43+,44?,45+,46-,47+,48-,49-,50-/m0/s1. The molecule has 0 spiro atoms. The first-order chi connectivity index (χ1) is 42.0. The SMILES string of the molecule is CC(=O)N[C@H]1[C@H](O[C@H]2[C@@H](O)[C@@H](CO)OC(O)[C@@H]2NC(C)=O)O[C@H](CO)[C@@H](O[C@@H]2O[C@H](CO)[C@H](O)[C@H](O[C@H]3O[C@H](CO)[C@@H](O[C@@H]4O[C@H](CO)[C@H](O)[C@H](O[C@H]5O[C@H](CO)[C@H](O)[C@H](O)[C@H]5NC(C)=O)[C@H]4O[C@@H]4O[C@@H](C)[C@@H](O)[C@@H](O)[C@@H]4O)[C@H](O)[C@H]3NC(C)=O)[C@H]2O)[C@@H]1O. The van der Waals surface area contributed by atoms with Crippen LogP contribution in [0.15, 0.2) is 0 Å². The molecule has 22 N–H and O–H groups in total. The average Bonchev–Trinajstić information content (AvgIpc) is 2.69. The van der Waals surface area contributed by atoms with E-state index >= 15 is 0 Å². The van der Waals surface area contributed by atoms with E-state index in [1.54, 1.807) is 0 Å². The van der Waals surface area contributed by atoms with Crippen LogP contribution < -0.4 is 21.3 Å². The summed E-state index contributed by atoms with van der Waals surface area (Å²) in [6, 6.07) is -6.93. The highest BCUT2D eigenvalue weighted by molar-refractivity contribution is 5.74. The van der Waals surface area contributed by atoms with Crippen molar-refractivity contribution in [2.45, 2.75) is 249 Å². The highest BCUT2D eigenvalue weighted by atomic mass is 16.8. The van der Waals surface area contributed by atoms with Gasteiger partial charge in [-0.1, -0.05) is 0 Å². The molecule has 0 saturated carbocycles. The molecule has 7 aliphatic rings. The van der Waals surface area contributed by atoms with Gasteiger partial charge < -0.3 is 175 Å². The van der Waals surface area contributed by atoms with Crippen LogP contribution in [0.25, 0.3) is 0 Å². The van der Waals surface area contributed by atoms with E-state index in [0.717, 1.165) is 27.7 Å². The lowest BCUT2D eigenvalue weighted by molar-refractivity contribution is -0.402. The molecule has 39 nitrogen and oxygen atoms in total. The molecule has 7 aliphatic heterocycles. The Bertz CT molecular complexity index is 2290. The number of rotatable bonds is 22. The molecule has 0 aromatic heterocycles. The van der Waals surface area contributed by atoms with E-state index < -0.39 is 278 Å². The Kier molecular flexibility index (Phi) is 26.0. The van der Waals surface area contributed by atoms with E-state index in [1.807, 2.05) is 0 Å². The summed E-state index contributed by atoms with van der Waals surface area (Å²) in [5.74, 6) is -3.31. The number of amides is 4. The number of carbonyl (C=O) groups is 4. The van der Waals surface area contributed by atoms with Gasteiger partial charge in [-0.15, -0.1) is 0 Å². The van der Waals surface area contributed by atoms with Crippen molar-refractivity contribution < 1.29 is 173 Å². The Balaban J connectivity index is 1.17. The third-order valence-electron chi connectivity index (χ3n) is 16.1. The van der Waals surface area contributed by atoms with Gasteiger partial charge in [-0.05, 0) is 6.92 Å². The van der Waals surface area contributed by atoms with Gasteiger partial charge >= 0.3 is 0 Å². The Labute approximate surface area is 505 Å². The lowest BCUT2D eigenvalue weighted by Gasteiger charge is -2.52. The minimum atomic E-state index is -2.29. The fraction of sp³-hybridized carbons (Fsp3) is 0.920. The molecule has 7 rings (SSSR count). The molecule has 0 aliphatic carbocycles. The van der Waals surface area contributed by atoms with Gasteiger partial charge in [0.15, 0.2) is 44.0 Å². The lowest BCUT2D eigenvalue weighted by atomic mass is 9.93. The zero-order valence-electron chi connectivity index (χ0n) is 48.4. The van der Waals surface area contributed by atoms with Gasteiger partial charge in [0.2, 0.25) is 23.6 Å². The fourth-order valence-electron chi connectivity index (χ4n) is 11.5. The van der Waals surface area contributed by atoms with Crippen molar-refractivity contribution in [3.05, 3.63) is 0 Å². The number of hydrogen-bond acceptors (Lipinski definition) is 35. The summed E-state index contributed by atoms with van der Waals surface area (Å²) in [5, 5.41) is 208. The van der Waals surface area contributed by atoms with Crippen LogP contribution >= 0.6 is 0 Å². The topological polar surface area (TPSA) is 601 Å². The third-order valence-corrected chi connectivity index (χ3v) is 16.1. The van der Waals surface area contributed by atoms with E-state index in [1.165, 1.54) is 6.92 Å². The summed E-state index contributed by atoms with van der Waals surface area (Å²) < 4.78 is 76.9. The fourth-order valence-corrected chi connectivity index (χ4v) is 11.5. The largest absolute Gasteiger partial charge is 0.394 e. The van der Waals surface area contributed by atoms with E-state index in [-0.39, 0.29) is 0 Å². The number of ether oxygens (including phenoxy) is 13. The van der Waals surface area contributed by atoms with E-state index in [9.17, 15) is 111 Å². The minimum Gasteiger partial charge on any atom is -0.394 e. The first-order valence-corrected chi connectivity index (χ1v) is 28.5. The van der Waals surface area contributed by atoms with Gasteiger partial charge in [0.1, 0.15) is 165 Å². The molecule has 7 saturated heterocycles. The Morgan fingerprint density at radius 1 is 0.292 bits per heavy atom. The summed E-state index contributed by atoms with van der Waals surface area (Å²) in [5.41, 5.74) is 0. The van der Waals surface area contributed by atoms with Gasteiger partial charge in [0, 0.05) is 27.7 Å². The number of aliphatic hydroxyl groups excluding tert-OH is 18. The number of nitrogens with one attached hydrogen (secondary N) is 4. The molecule has 514 valence electrons. The number of hydrogen-bond donors (Lipinski definition) is 22. The van der Waals surface area contributed by atoms with Crippen molar-refractivity contribution >= 4 is 23.6 Å². The maximum absolute atomic E-state index is 13.0. The van der Waals surface area contributed by atoms with Crippen LogP contribution in [-0.4, -0.2) is 370 Å². The molecule has 35 atom stereocenters. The van der Waals surface area contributed by atoms with Gasteiger partial charge in [0.05, 0.1) is 45.7 Å². The van der Waals surface area contributed by atoms with Gasteiger partial charge in [-0.25, -0.2) is 0 Å². The smallest absolute Gasteiger partial charge is 0.217 e. The van der Waals surface area contributed by atoms with Crippen LogP contribution in [0.4, 0.5) is 0 Å². The number of carbonyl (C=O) groups excluding carboxylic acids is 4. The molecule has 0 aromatic rings. The zero-order chi connectivity index (χ0) is 65.8. The van der Waals surface area contributed by atoms with Crippen LogP contribution in [0.3, 0.4) is 0 Å². The van der Waals surface area contributed by atoms with E-state index in [4.69, 9.17) is 61.6 Å². The summed E-state index contributed by atoms with van der Waals surface area (Å²) in [4.78, 5) is 50.1. The quantitative estimate of drug-likeness (QED) is 0.0479. The second-order valence-electron chi connectivity index (χ2n) is 22.5. The molecule has 0 bridgehead atoms. The Hall–Kier alpha value is -3.36. The molecule has 1 unspecified atom stereocenters. The molecule has 0 radical (unpaired) electrons. The van der Waals surface area contributed by atoms with Crippen molar-refractivity contribution in [2.24, 2.45) is 0 Å². The highest BCUT2D eigenvalue weighted by Crippen LogP contribution is 2.39. The maximum Gasteiger partial charge on any atom is 0.217 e. The first-order valence-electron chi connectivity index (χ1n) is 28.5. The van der Waals surface area contributed by atoms with Crippen molar-refractivity contribution in [3.8, 4) is 0 Å². The second-order valence-corrected chi connectivity index (χ2v) is 22.5. The lowest BCUT2D eigenvalue weighted by Crippen LogP contribution is -2.71. The summed E-state index contributed by atoms with van der Waals surface area (Å²) in [6.45, 7) is -0.843. The second kappa shape index (κ2) is 31.7. The molecular formula is C50H84N4O35. The van der Waals surface area contributed by atoms with Crippen LogP contribution in [0.5, 0.6) is 0 Å². The summed E-state index contributed by atoms with van der Waals surface area (Å²) >= 11 is 0. The van der Waals surface area contributed by atoms with Crippen LogP contribution in [0.1, 0.15) is 34.6 Å². The molecule has 4 amide bonds. The average molecular weight is 1300 g/mol. The van der Waals surface area contributed by atoms with Crippen molar-refractivity contribution in [1.82, 2.24) is 21.3 Å². The van der Waals surface area contributed by atoms with Crippen molar-refractivity contribution in [1.29, 1.82) is 0 Å². The van der Waals surface area contributed by atoms with Crippen LogP contribution in [0.2, 0.25) is 0 Å². The molecule has 7 heterocycles. The molecule has 39 heteroatoms. The monoisotopic (exact) mass is 1300 g/mol. The first kappa shape index (κ1) is 73.1. The minimum absolute atomic E-state index is 0.744. The Morgan fingerprint density at radius 2 is 0.618 bits per heavy atom. The normalized spacial score (nSPS) is 48.0. The number of aliphatic hydroxyl groups is 18. The van der Waals surface area contributed by atoms with E-state index in [2.05, 4.69) is 21.3 Å². The molecule has 89 heavy (non-hydrogen) atoms. The third kappa shape index (κ3) is 16.2. The van der Waals surface area contributed by atoms with E-state index in [0.29, 0.717) is 0 Å². The maximum atomic E-state index is 13.0. The Morgan fingerprint density at radius 3 is 1.09 bits per heavy atom. The van der Waals surface area contributed by atoms with Gasteiger partial charge in [-0.2, -0.15) is 0 Å². The molecular weight excluding hydrogens is 1220 g/mol. The predicted octanol–water partition coefficient (Wildman–Crippen LogP) is -14.7. The predicted molar refractivity (Wildman–Crippen MR) is 277 cm³/mol. The van der Waals surface area contributed by atoms with Gasteiger partial charge in [0.25, 0.3) is 0 Å². The zero-order valence-corrected chi connectivity index (χ0v) is 48.4. The van der Waals surface area contributed by atoms with Gasteiger partial charge in [-0.3, -0.25) is 19.2 Å². The van der Waals surface area contributed by atoms with Crippen LogP contribution in [-0.2, 0) is 80.8 Å². The summed E-state index contributed by atoms with van der Waals surface area (Å²) in [7, 11) is 0. The molecule has 7 fully saturated rings. The molecule has 0 aromatic carbocycles. The highest BCUT2D eigenvalue weighted by Gasteiger charge is 2.60. The van der Waals surface area contributed by atoms with Crippen LogP contribution in [0, 0.1) is 0 Å².